The lowest BCUT2D eigenvalue weighted by Crippen LogP contribution is -2.50. The zero-order chi connectivity index (χ0) is 18.1. The van der Waals surface area contributed by atoms with E-state index in [0.29, 0.717) is 37.3 Å². The molecule has 3 heterocycles. The van der Waals surface area contributed by atoms with Gasteiger partial charge < -0.3 is 15.1 Å². The first-order chi connectivity index (χ1) is 12.6. The van der Waals surface area contributed by atoms with E-state index in [1.807, 2.05) is 36.1 Å². The number of urea groups is 1. The minimum atomic E-state index is -0.0775. The topological polar surface area (TPSA) is 92.1 Å². The maximum absolute atomic E-state index is 12.5. The summed E-state index contributed by atoms with van der Waals surface area (Å²) in [6, 6.07) is 7.69. The number of benzene rings is 1. The Morgan fingerprint density at radius 2 is 1.88 bits per heavy atom. The lowest BCUT2D eigenvalue weighted by Gasteiger charge is -2.35. The highest BCUT2D eigenvalue weighted by atomic mass is 16.2. The number of aryl methyl sites for hydroxylation is 2. The third-order valence-electron chi connectivity index (χ3n) is 4.62. The standard InChI is InChI=1S/C17H20N8O/c1-12-5-3-4-6-13(12)20-17(26)25-9-7-24(8-10-25)16-14-15(18-11-19-16)23(2)22-21-14/h3-6,11H,7-10H2,1-2H3,(H,20,26). The van der Waals surface area contributed by atoms with Gasteiger partial charge in [-0.3, -0.25) is 0 Å². The van der Waals surface area contributed by atoms with Gasteiger partial charge in [-0.15, -0.1) is 5.10 Å². The van der Waals surface area contributed by atoms with Crippen molar-refractivity contribution in [3.8, 4) is 0 Å². The van der Waals surface area contributed by atoms with E-state index in [9.17, 15) is 4.79 Å². The third kappa shape index (κ3) is 2.92. The Kier molecular flexibility index (Phi) is 4.11. The number of nitrogens with zero attached hydrogens (tertiary/aromatic N) is 7. The molecular formula is C17H20N8O. The molecule has 1 aliphatic rings. The van der Waals surface area contributed by atoms with Crippen molar-refractivity contribution in [3.63, 3.8) is 0 Å². The zero-order valence-corrected chi connectivity index (χ0v) is 14.8. The van der Waals surface area contributed by atoms with Crippen molar-refractivity contribution in [2.24, 2.45) is 7.05 Å². The van der Waals surface area contributed by atoms with Crippen LogP contribution in [0, 0.1) is 6.92 Å². The van der Waals surface area contributed by atoms with Crippen LogP contribution in [0.1, 0.15) is 5.56 Å². The molecule has 0 bridgehead atoms. The lowest BCUT2D eigenvalue weighted by atomic mass is 10.2. The molecule has 0 unspecified atom stereocenters. The Morgan fingerprint density at radius 3 is 2.65 bits per heavy atom. The molecule has 26 heavy (non-hydrogen) atoms. The quantitative estimate of drug-likeness (QED) is 0.750. The fourth-order valence-corrected chi connectivity index (χ4v) is 3.10. The van der Waals surface area contributed by atoms with Crippen LogP contribution in [0.25, 0.3) is 11.2 Å². The summed E-state index contributed by atoms with van der Waals surface area (Å²) in [5.74, 6) is 0.766. The highest BCUT2D eigenvalue weighted by Gasteiger charge is 2.24. The van der Waals surface area contributed by atoms with Crippen LogP contribution in [0.5, 0.6) is 0 Å². The van der Waals surface area contributed by atoms with Crippen molar-refractivity contribution in [1.82, 2.24) is 29.9 Å². The normalized spacial score (nSPS) is 14.7. The number of hydrogen-bond donors (Lipinski definition) is 1. The Bertz CT molecular complexity index is 945. The monoisotopic (exact) mass is 352 g/mol. The first-order valence-corrected chi connectivity index (χ1v) is 8.50. The van der Waals surface area contributed by atoms with E-state index >= 15 is 0 Å². The van der Waals surface area contributed by atoms with Crippen molar-refractivity contribution in [1.29, 1.82) is 0 Å². The first kappa shape index (κ1) is 16.2. The van der Waals surface area contributed by atoms with Gasteiger partial charge in [0.25, 0.3) is 0 Å². The van der Waals surface area contributed by atoms with Gasteiger partial charge in [0.1, 0.15) is 6.33 Å². The largest absolute Gasteiger partial charge is 0.351 e. The average Bonchev–Trinajstić information content (AvgIpc) is 3.05. The van der Waals surface area contributed by atoms with E-state index in [1.165, 1.54) is 6.33 Å². The number of piperazine rings is 1. The molecule has 1 fully saturated rings. The number of anilines is 2. The summed E-state index contributed by atoms with van der Waals surface area (Å²) >= 11 is 0. The molecule has 4 rings (SSSR count). The van der Waals surface area contributed by atoms with Crippen LogP contribution in [-0.4, -0.2) is 62.1 Å². The molecule has 1 saturated heterocycles. The van der Waals surface area contributed by atoms with Crippen molar-refractivity contribution in [2.45, 2.75) is 6.92 Å². The molecule has 134 valence electrons. The van der Waals surface area contributed by atoms with E-state index in [4.69, 9.17) is 0 Å². The number of fused-ring (bicyclic) bond motifs is 1. The summed E-state index contributed by atoms with van der Waals surface area (Å²) in [5.41, 5.74) is 3.28. The first-order valence-electron chi connectivity index (χ1n) is 8.50. The van der Waals surface area contributed by atoms with Gasteiger partial charge in [0.2, 0.25) is 0 Å². The highest BCUT2D eigenvalue weighted by molar-refractivity contribution is 5.90. The number of carbonyl (C=O) groups excluding carboxylic acids is 1. The van der Waals surface area contributed by atoms with Gasteiger partial charge in [-0.05, 0) is 18.6 Å². The average molecular weight is 352 g/mol. The number of hydrogen-bond acceptors (Lipinski definition) is 6. The molecule has 9 nitrogen and oxygen atoms in total. The number of nitrogens with one attached hydrogen (secondary N) is 1. The van der Waals surface area contributed by atoms with E-state index < -0.39 is 0 Å². The molecule has 1 N–H and O–H groups in total. The van der Waals surface area contributed by atoms with E-state index in [2.05, 4.69) is 30.5 Å². The summed E-state index contributed by atoms with van der Waals surface area (Å²) in [6.45, 7) is 4.58. The Labute approximate surface area is 150 Å². The Hall–Kier alpha value is -3.23. The summed E-state index contributed by atoms with van der Waals surface area (Å²) in [5, 5.41) is 11.2. The second-order valence-electron chi connectivity index (χ2n) is 6.30. The number of amides is 2. The number of carbonyl (C=O) groups is 1. The third-order valence-corrected chi connectivity index (χ3v) is 4.62. The van der Waals surface area contributed by atoms with Crippen molar-refractivity contribution in [2.75, 3.05) is 36.4 Å². The molecule has 1 aromatic carbocycles. The SMILES string of the molecule is Cc1ccccc1NC(=O)N1CCN(c2ncnc3c2nnn3C)CC1. The van der Waals surface area contributed by atoms with Gasteiger partial charge >= 0.3 is 6.03 Å². The lowest BCUT2D eigenvalue weighted by molar-refractivity contribution is 0.208. The highest BCUT2D eigenvalue weighted by Crippen LogP contribution is 2.21. The molecular weight excluding hydrogens is 332 g/mol. The maximum atomic E-state index is 12.5. The van der Waals surface area contributed by atoms with Crippen molar-refractivity contribution in [3.05, 3.63) is 36.2 Å². The van der Waals surface area contributed by atoms with Gasteiger partial charge in [0.05, 0.1) is 0 Å². The molecule has 9 heteroatoms. The summed E-state index contributed by atoms with van der Waals surface area (Å²) in [6.07, 6.45) is 1.53. The zero-order valence-electron chi connectivity index (χ0n) is 14.8. The number of aromatic nitrogens is 5. The van der Waals surface area contributed by atoms with Crippen molar-refractivity contribution < 1.29 is 4.79 Å². The molecule has 0 aliphatic carbocycles. The van der Waals surface area contributed by atoms with E-state index in [0.717, 1.165) is 17.1 Å². The predicted octanol–water partition coefficient (Wildman–Crippen LogP) is 1.42. The van der Waals surface area contributed by atoms with Gasteiger partial charge in [0.15, 0.2) is 17.0 Å². The number of para-hydroxylation sites is 1. The Morgan fingerprint density at radius 1 is 1.12 bits per heavy atom. The van der Waals surface area contributed by atoms with Crippen LogP contribution in [0.3, 0.4) is 0 Å². The summed E-state index contributed by atoms with van der Waals surface area (Å²) < 4.78 is 1.63. The molecule has 3 aromatic rings. The minimum absolute atomic E-state index is 0.0775. The number of rotatable bonds is 2. The summed E-state index contributed by atoms with van der Waals surface area (Å²) in [4.78, 5) is 25.1. The predicted molar refractivity (Wildman–Crippen MR) is 98.1 cm³/mol. The van der Waals surface area contributed by atoms with Gasteiger partial charge in [-0.1, -0.05) is 23.4 Å². The smallest absolute Gasteiger partial charge is 0.321 e. The summed E-state index contributed by atoms with van der Waals surface area (Å²) in [7, 11) is 1.81. The van der Waals surface area contributed by atoms with Crippen LogP contribution in [-0.2, 0) is 7.05 Å². The van der Waals surface area contributed by atoms with Crippen LogP contribution >= 0.6 is 0 Å². The fourth-order valence-electron chi connectivity index (χ4n) is 3.10. The molecule has 0 saturated carbocycles. The molecule has 2 amide bonds. The van der Waals surface area contributed by atoms with Crippen molar-refractivity contribution >= 4 is 28.7 Å². The minimum Gasteiger partial charge on any atom is -0.351 e. The van der Waals surface area contributed by atoms with Crippen LogP contribution in [0.2, 0.25) is 0 Å². The second-order valence-corrected chi connectivity index (χ2v) is 6.30. The van der Waals surface area contributed by atoms with Gasteiger partial charge in [-0.2, -0.15) is 0 Å². The Balaban J connectivity index is 1.44. The molecule has 0 radical (unpaired) electrons. The van der Waals surface area contributed by atoms with Crippen LogP contribution in [0.4, 0.5) is 16.3 Å². The van der Waals surface area contributed by atoms with Gasteiger partial charge in [0, 0.05) is 38.9 Å². The molecule has 0 spiro atoms. The van der Waals surface area contributed by atoms with E-state index in [-0.39, 0.29) is 6.03 Å². The maximum Gasteiger partial charge on any atom is 0.321 e. The second kappa shape index (κ2) is 6.58. The van der Waals surface area contributed by atoms with Gasteiger partial charge in [-0.25, -0.2) is 19.4 Å². The van der Waals surface area contributed by atoms with Crippen LogP contribution in [0.15, 0.2) is 30.6 Å². The molecule has 2 aromatic heterocycles. The molecule has 1 aliphatic heterocycles. The molecule has 0 atom stereocenters. The van der Waals surface area contributed by atoms with E-state index in [1.54, 1.807) is 11.7 Å². The van der Waals surface area contributed by atoms with Crippen LogP contribution < -0.4 is 10.2 Å². The fraction of sp³-hybridized carbons (Fsp3) is 0.353.